The first-order chi connectivity index (χ1) is 6.75. The molecule has 1 aliphatic heterocycles. The minimum Gasteiger partial charge on any atom is -0.379 e. The van der Waals surface area contributed by atoms with Crippen LogP contribution in [0.15, 0.2) is 6.20 Å². The summed E-state index contributed by atoms with van der Waals surface area (Å²) in [7, 11) is 0. The van der Waals surface area contributed by atoms with Crippen LogP contribution in [-0.4, -0.2) is 29.2 Å². The van der Waals surface area contributed by atoms with Crippen LogP contribution in [0, 0.1) is 5.82 Å². The first-order valence-electron chi connectivity index (χ1n) is 4.38. The fraction of sp³-hybridized carbons (Fsp3) is 0.500. The topological polar surface area (TPSA) is 73.1 Å². The second-order valence-corrected chi connectivity index (χ2v) is 3.13. The molecule has 2 heterocycles. The third-order valence-corrected chi connectivity index (χ3v) is 2.03. The highest BCUT2D eigenvalue weighted by Gasteiger charge is 2.17. The van der Waals surface area contributed by atoms with Crippen LogP contribution in [0.4, 0.5) is 16.2 Å². The third kappa shape index (κ3) is 1.90. The van der Waals surface area contributed by atoms with Gasteiger partial charge in [-0.1, -0.05) is 0 Å². The number of hydrogen-bond acceptors (Lipinski definition) is 5. The van der Waals surface area contributed by atoms with Gasteiger partial charge in [-0.25, -0.2) is 9.37 Å². The Morgan fingerprint density at radius 1 is 1.64 bits per heavy atom. The van der Waals surface area contributed by atoms with Crippen LogP contribution in [0.25, 0.3) is 0 Å². The number of hydrogen-bond donors (Lipinski definition) is 2. The number of nitrogens with one attached hydrogen (secondary N) is 1. The number of nitrogens with two attached hydrogens (primary N) is 1. The number of ether oxygens (including phenoxy) is 1. The molecule has 0 aliphatic carbocycles. The number of nitrogens with zero attached hydrogens (tertiary/aromatic N) is 2. The number of anilines is 2. The Kier molecular flexibility index (Phi) is 2.45. The van der Waals surface area contributed by atoms with Gasteiger partial charge in [-0.2, -0.15) is 4.98 Å². The Hall–Kier alpha value is -1.43. The molecule has 1 aromatic rings. The monoisotopic (exact) mass is 198 g/mol. The van der Waals surface area contributed by atoms with Gasteiger partial charge in [0.2, 0.25) is 5.95 Å². The quantitative estimate of drug-likeness (QED) is 0.719. The molecule has 3 N–H and O–H groups in total. The standard InChI is InChI=1S/C8H11FN4O/c9-6-3-11-8(10)13-7(6)12-5-1-2-14-4-5/h3,5H,1-2,4H2,(H3,10,11,12,13). The van der Waals surface area contributed by atoms with Gasteiger partial charge in [-0.05, 0) is 6.42 Å². The van der Waals surface area contributed by atoms with Gasteiger partial charge in [-0.3, -0.25) is 0 Å². The van der Waals surface area contributed by atoms with Gasteiger partial charge >= 0.3 is 0 Å². The minimum absolute atomic E-state index is 0.0628. The molecule has 0 radical (unpaired) electrons. The lowest BCUT2D eigenvalue weighted by molar-refractivity contribution is 0.195. The van der Waals surface area contributed by atoms with Crippen molar-refractivity contribution in [2.75, 3.05) is 24.3 Å². The van der Waals surface area contributed by atoms with Crippen LogP contribution < -0.4 is 11.1 Å². The van der Waals surface area contributed by atoms with E-state index >= 15 is 0 Å². The van der Waals surface area contributed by atoms with E-state index in [-0.39, 0.29) is 17.8 Å². The molecular weight excluding hydrogens is 187 g/mol. The minimum atomic E-state index is -0.494. The summed E-state index contributed by atoms with van der Waals surface area (Å²) in [6, 6.07) is 0.110. The molecule has 1 fully saturated rings. The molecule has 0 saturated carbocycles. The Balaban J connectivity index is 2.10. The van der Waals surface area contributed by atoms with E-state index in [4.69, 9.17) is 10.5 Å². The van der Waals surface area contributed by atoms with Crippen molar-refractivity contribution in [3.05, 3.63) is 12.0 Å². The molecule has 76 valence electrons. The lowest BCUT2D eigenvalue weighted by Crippen LogP contribution is -2.21. The second-order valence-electron chi connectivity index (χ2n) is 3.13. The zero-order valence-electron chi connectivity index (χ0n) is 7.53. The molecule has 0 aromatic carbocycles. The molecule has 1 aliphatic rings. The molecule has 1 saturated heterocycles. The van der Waals surface area contributed by atoms with Crippen molar-refractivity contribution < 1.29 is 9.13 Å². The molecule has 1 atom stereocenters. The van der Waals surface area contributed by atoms with Crippen LogP contribution in [0.2, 0.25) is 0 Å². The summed E-state index contributed by atoms with van der Waals surface area (Å²) in [4.78, 5) is 7.30. The maximum Gasteiger partial charge on any atom is 0.222 e. The molecule has 6 heteroatoms. The Morgan fingerprint density at radius 2 is 2.50 bits per heavy atom. The fourth-order valence-electron chi connectivity index (χ4n) is 1.32. The molecule has 2 rings (SSSR count). The Morgan fingerprint density at radius 3 is 3.21 bits per heavy atom. The smallest absolute Gasteiger partial charge is 0.222 e. The summed E-state index contributed by atoms with van der Waals surface area (Å²) >= 11 is 0. The van der Waals surface area contributed by atoms with Crippen molar-refractivity contribution in [3.8, 4) is 0 Å². The molecule has 1 aromatic heterocycles. The van der Waals surface area contributed by atoms with Crippen LogP contribution in [-0.2, 0) is 4.74 Å². The van der Waals surface area contributed by atoms with Crippen molar-refractivity contribution in [3.63, 3.8) is 0 Å². The summed E-state index contributed by atoms with van der Waals surface area (Å²) in [5.74, 6) is -0.285. The highest BCUT2D eigenvalue weighted by Crippen LogP contribution is 2.15. The lowest BCUT2D eigenvalue weighted by Gasteiger charge is -2.11. The van der Waals surface area contributed by atoms with Gasteiger partial charge in [0.25, 0.3) is 0 Å². The van der Waals surface area contributed by atoms with E-state index in [0.29, 0.717) is 13.2 Å². The average Bonchev–Trinajstić information content (AvgIpc) is 2.64. The highest BCUT2D eigenvalue weighted by molar-refractivity contribution is 5.40. The third-order valence-electron chi connectivity index (χ3n) is 2.03. The molecule has 14 heavy (non-hydrogen) atoms. The van der Waals surface area contributed by atoms with E-state index in [9.17, 15) is 4.39 Å². The Labute approximate surface area is 80.5 Å². The predicted octanol–water partition coefficient (Wildman–Crippen LogP) is 0.399. The van der Waals surface area contributed by atoms with Crippen LogP contribution in [0.3, 0.4) is 0 Å². The molecule has 5 nitrogen and oxygen atoms in total. The van der Waals surface area contributed by atoms with E-state index < -0.39 is 5.82 Å². The highest BCUT2D eigenvalue weighted by atomic mass is 19.1. The lowest BCUT2D eigenvalue weighted by atomic mass is 10.2. The van der Waals surface area contributed by atoms with Crippen molar-refractivity contribution >= 4 is 11.8 Å². The number of aromatic nitrogens is 2. The first-order valence-corrected chi connectivity index (χ1v) is 4.38. The van der Waals surface area contributed by atoms with Crippen molar-refractivity contribution in [2.24, 2.45) is 0 Å². The molecule has 0 bridgehead atoms. The van der Waals surface area contributed by atoms with Crippen LogP contribution >= 0.6 is 0 Å². The summed E-state index contributed by atoms with van der Waals surface area (Å²) in [5.41, 5.74) is 5.34. The van der Waals surface area contributed by atoms with Gasteiger partial charge < -0.3 is 15.8 Å². The molecule has 0 spiro atoms. The van der Waals surface area contributed by atoms with E-state index in [2.05, 4.69) is 15.3 Å². The zero-order valence-corrected chi connectivity index (χ0v) is 7.53. The maximum atomic E-state index is 13.1. The summed E-state index contributed by atoms with van der Waals surface area (Å²) < 4.78 is 18.3. The summed E-state index contributed by atoms with van der Waals surface area (Å²) in [6.45, 7) is 1.27. The molecule has 0 amide bonds. The number of halogens is 1. The van der Waals surface area contributed by atoms with Crippen molar-refractivity contribution in [1.82, 2.24) is 9.97 Å². The van der Waals surface area contributed by atoms with E-state index in [1.165, 1.54) is 0 Å². The van der Waals surface area contributed by atoms with Gasteiger partial charge in [0.15, 0.2) is 11.6 Å². The predicted molar refractivity (Wildman–Crippen MR) is 49.2 cm³/mol. The van der Waals surface area contributed by atoms with E-state index in [1.54, 1.807) is 0 Å². The molecule has 1 unspecified atom stereocenters. The number of nitrogen functional groups attached to an aromatic ring is 1. The summed E-state index contributed by atoms with van der Waals surface area (Å²) in [5, 5.41) is 2.92. The maximum absolute atomic E-state index is 13.1. The number of rotatable bonds is 2. The van der Waals surface area contributed by atoms with Crippen molar-refractivity contribution in [1.29, 1.82) is 0 Å². The SMILES string of the molecule is Nc1ncc(F)c(NC2CCOC2)n1. The largest absolute Gasteiger partial charge is 0.379 e. The van der Waals surface area contributed by atoms with Crippen LogP contribution in [0.5, 0.6) is 0 Å². The van der Waals surface area contributed by atoms with Crippen molar-refractivity contribution in [2.45, 2.75) is 12.5 Å². The van der Waals surface area contributed by atoms with Gasteiger partial charge in [0.1, 0.15) is 0 Å². The van der Waals surface area contributed by atoms with E-state index in [0.717, 1.165) is 12.6 Å². The van der Waals surface area contributed by atoms with Gasteiger partial charge in [-0.15, -0.1) is 0 Å². The Bertz CT molecular complexity index is 327. The fourth-order valence-corrected chi connectivity index (χ4v) is 1.32. The zero-order chi connectivity index (χ0) is 9.97. The normalized spacial score (nSPS) is 21.1. The first kappa shape index (κ1) is 9.14. The molecular formula is C8H11FN4O. The second kappa shape index (κ2) is 3.75. The average molecular weight is 198 g/mol. The van der Waals surface area contributed by atoms with Gasteiger partial charge in [0, 0.05) is 6.61 Å². The van der Waals surface area contributed by atoms with Crippen LogP contribution in [0.1, 0.15) is 6.42 Å². The summed E-state index contributed by atoms with van der Waals surface area (Å²) in [6.07, 6.45) is 1.91. The van der Waals surface area contributed by atoms with Gasteiger partial charge in [0.05, 0.1) is 18.8 Å². The van der Waals surface area contributed by atoms with E-state index in [1.807, 2.05) is 0 Å².